The van der Waals surface area contributed by atoms with Crippen molar-refractivity contribution >= 4 is 12.2 Å². The minimum absolute atomic E-state index is 0.555. The molecule has 0 aliphatic heterocycles. The molecule has 18 heavy (non-hydrogen) atoms. The maximum absolute atomic E-state index is 5.50. The highest BCUT2D eigenvalue weighted by molar-refractivity contribution is 5.33. The smallest absolute Gasteiger partial charge is 0.196 e. The van der Waals surface area contributed by atoms with Crippen molar-refractivity contribution < 1.29 is 4.42 Å². The van der Waals surface area contributed by atoms with Crippen LogP contribution in [0.5, 0.6) is 0 Å². The minimum atomic E-state index is 0.555. The zero-order chi connectivity index (χ0) is 14.4. The number of nitrogens with zero attached hydrogens (tertiary/aromatic N) is 1. The highest BCUT2D eigenvalue weighted by atomic mass is 16.3. The molecule has 104 valence electrons. The van der Waals surface area contributed by atoms with Gasteiger partial charge in [-0.25, -0.2) is 4.98 Å². The number of rotatable bonds is 4. The highest BCUT2D eigenvalue weighted by Crippen LogP contribution is 1.87. The van der Waals surface area contributed by atoms with E-state index in [9.17, 15) is 0 Å². The standard InChI is InChI=1S/C11H16N2O.2C2H6/c1-3-5-9-10(6-4-2)14-11(13-9)7-8-12;2*1-2/h4-6H,2-3,7-8,12H2,1H3;2*1-2H3/b9-5+,10-6+;;. The van der Waals surface area contributed by atoms with Crippen LogP contribution in [-0.4, -0.2) is 11.5 Å². The molecule has 1 heterocycles. The molecule has 0 fully saturated rings. The number of allylic oxidation sites excluding steroid dienone is 1. The van der Waals surface area contributed by atoms with Crippen molar-refractivity contribution in [3.8, 4) is 0 Å². The van der Waals surface area contributed by atoms with Crippen LogP contribution in [0.1, 0.15) is 46.9 Å². The van der Waals surface area contributed by atoms with E-state index in [2.05, 4.69) is 18.5 Å². The summed E-state index contributed by atoms with van der Waals surface area (Å²) < 4.78 is 5.50. The second-order valence-electron chi connectivity index (χ2n) is 2.91. The van der Waals surface area contributed by atoms with Gasteiger partial charge in [-0.15, -0.1) is 0 Å². The molecule has 0 bridgehead atoms. The van der Waals surface area contributed by atoms with E-state index in [0.29, 0.717) is 18.9 Å². The molecule has 3 nitrogen and oxygen atoms in total. The van der Waals surface area contributed by atoms with Gasteiger partial charge in [-0.05, 0) is 12.5 Å². The second-order valence-corrected chi connectivity index (χ2v) is 2.91. The van der Waals surface area contributed by atoms with E-state index in [-0.39, 0.29) is 0 Å². The van der Waals surface area contributed by atoms with Gasteiger partial charge in [0.05, 0.1) is 0 Å². The summed E-state index contributed by atoms with van der Waals surface area (Å²) in [6.07, 6.45) is 7.15. The lowest BCUT2D eigenvalue weighted by Crippen LogP contribution is -2.21. The Morgan fingerprint density at radius 3 is 2.33 bits per heavy atom. The van der Waals surface area contributed by atoms with Crippen LogP contribution in [-0.2, 0) is 6.42 Å². The molecule has 0 aliphatic rings. The van der Waals surface area contributed by atoms with E-state index in [1.165, 1.54) is 0 Å². The third kappa shape index (κ3) is 7.07. The van der Waals surface area contributed by atoms with Crippen LogP contribution in [0.25, 0.3) is 12.2 Å². The minimum Gasteiger partial charge on any atom is -0.441 e. The van der Waals surface area contributed by atoms with Gasteiger partial charge in [0, 0.05) is 13.0 Å². The molecule has 0 radical (unpaired) electrons. The summed E-state index contributed by atoms with van der Waals surface area (Å²) in [5, 5.41) is 0.885. The largest absolute Gasteiger partial charge is 0.441 e. The summed E-state index contributed by atoms with van der Waals surface area (Å²) in [5.74, 6) is 0.695. The van der Waals surface area contributed by atoms with Gasteiger partial charge in [-0.3, -0.25) is 0 Å². The Kier molecular flexibility index (Phi) is 14.5. The van der Waals surface area contributed by atoms with Crippen molar-refractivity contribution in [1.82, 2.24) is 4.98 Å². The molecular formula is C15H28N2O. The molecule has 0 saturated heterocycles. The first kappa shape index (κ1) is 19.0. The Morgan fingerprint density at radius 1 is 1.28 bits per heavy atom. The van der Waals surface area contributed by atoms with E-state index >= 15 is 0 Å². The summed E-state index contributed by atoms with van der Waals surface area (Å²) in [7, 11) is 0. The van der Waals surface area contributed by atoms with Gasteiger partial charge < -0.3 is 10.2 Å². The van der Waals surface area contributed by atoms with E-state index < -0.39 is 0 Å². The predicted molar refractivity (Wildman–Crippen MR) is 80.6 cm³/mol. The van der Waals surface area contributed by atoms with E-state index in [1.807, 2.05) is 39.8 Å². The van der Waals surface area contributed by atoms with Gasteiger partial charge in [-0.1, -0.05) is 53.3 Å². The fourth-order valence-electron chi connectivity index (χ4n) is 1.19. The molecule has 1 aromatic rings. The first-order valence-corrected chi connectivity index (χ1v) is 6.80. The van der Waals surface area contributed by atoms with Crippen LogP contribution in [0.3, 0.4) is 0 Å². The summed E-state index contributed by atoms with van der Waals surface area (Å²) >= 11 is 0. The molecule has 0 atom stereocenters. The maximum atomic E-state index is 5.50. The zero-order valence-electron chi connectivity index (χ0n) is 12.5. The molecule has 0 amide bonds. The van der Waals surface area contributed by atoms with E-state index in [4.69, 9.17) is 10.2 Å². The number of hydrogen-bond donors (Lipinski definition) is 1. The zero-order valence-corrected chi connectivity index (χ0v) is 12.5. The van der Waals surface area contributed by atoms with E-state index in [0.717, 1.165) is 17.2 Å². The van der Waals surface area contributed by atoms with Crippen molar-refractivity contribution in [2.45, 2.75) is 47.5 Å². The van der Waals surface area contributed by atoms with Crippen LogP contribution in [0.15, 0.2) is 17.1 Å². The number of nitrogens with two attached hydrogens (primary N) is 1. The fourth-order valence-corrected chi connectivity index (χ4v) is 1.19. The second kappa shape index (κ2) is 13.7. The molecule has 0 spiro atoms. The Labute approximate surface area is 111 Å². The molecule has 0 saturated carbocycles. The number of aromatic nitrogens is 1. The summed E-state index contributed by atoms with van der Waals surface area (Å²) in [6, 6.07) is 0. The fraction of sp³-hybridized carbons (Fsp3) is 0.533. The first-order chi connectivity index (χ1) is 8.81. The van der Waals surface area contributed by atoms with Crippen molar-refractivity contribution in [2.75, 3.05) is 6.54 Å². The highest BCUT2D eigenvalue weighted by Gasteiger charge is 1.99. The third-order valence-corrected chi connectivity index (χ3v) is 1.75. The molecule has 0 aromatic carbocycles. The monoisotopic (exact) mass is 252 g/mol. The third-order valence-electron chi connectivity index (χ3n) is 1.75. The molecule has 3 heteroatoms. The Balaban J connectivity index is 0. The molecule has 2 N–H and O–H groups in total. The summed E-state index contributed by atoms with van der Waals surface area (Å²) in [4.78, 5) is 4.33. The molecular weight excluding hydrogens is 224 g/mol. The van der Waals surface area contributed by atoms with Crippen LogP contribution in [0.2, 0.25) is 0 Å². The topological polar surface area (TPSA) is 52.0 Å². The normalized spacial score (nSPS) is 11.2. The average Bonchev–Trinajstić information content (AvgIpc) is 2.78. The van der Waals surface area contributed by atoms with Crippen LogP contribution in [0, 0.1) is 0 Å². The maximum Gasteiger partial charge on any atom is 0.196 e. The van der Waals surface area contributed by atoms with Gasteiger partial charge in [-0.2, -0.15) is 0 Å². The van der Waals surface area contributed by atoms with Gasteiger partial charge >= 0.3 is 0 Å². The van der Waals surface area contributed by atoms with Crippen LogP contribution in [0.4, 0.5) is 0 Å². The lowest BCUT2D eigenvalue weighted by atomic mass is 10.4. The van der Waals surface area contributed by atoms with Crippen molar-refractivity contribution in [1.29, 1.82) is 0 Å². The number of oxazole rings is 1. The molecule has 0 unspecified atom stereocenters. The SMILES string of the molecule is C=C/C=c1/oc(CCN)n/c1=C/CC.CC.CC. The first-order valence-electron chi connectivity index (χ1n) is 6.80. The predicted octanol–water partition coefficient (Wildman–Crippen LogP) is 2.39. The Morgan fingerprint density at radius 2 is 1.89 bits per heavy atom. The van der Waals surface area contributed by atoms with Crippen molar-refractivity contribution in [3.05, 3.63) is 29.3 Å². The molecule has 0 aliphatic carbocycles. The lowest BCUT2D eigenvalue weighted by Gasteiger charge is -1.85. The van der Waals surface area contributed by atoms with E-state index in [1.54, 1.807) is 6.08 Å². The van der Waals surface area contributed by atoms with Crippen LogP contribution >= 0.6 is 0 Å². The summed E-state index contributed by atoms with van der Waals surface area (Å²) in [6.45, 7) is 14.3. The van der Waals surface area contributed by atoms with Crippen LogP contribution < -0.4 is 16.5 Å². The molecule has 1 rings (SSSR count). The quantitative estimate of drug-likeness (QED) is 0.895. The summed E-state index contributed by atoms with van der Waals surface area (Å²) in [5.41, 5.74) is 6.20. The Hall–Kier alpha value is -1.35. The molecule has 1 aromatic heterocycles. The van der Waals surface area contributed by atoms with Gasteiger partial charge in [0.15, 0.2) is 11.3 Å². The van der Waals surface area contributed by atoms with Gasteiger partial charge in [0.1, 0.15) is 5.35 Å². The Bertz CT molecular complexity index is 405. The van der Waals surface area contributed by atoms with Gasteiger partial charge in [0.25, 0.3) is 0 Å². The van der Waals surface area contributed by atoms with Gasteiger partial charge in [0.2, 0.25) is 0 Å². The van der Waals surface area contributed by atoms with Crippen molar-refractivity contribution in [3.63, 3.8) is 0 Å². The average molecular weight is 252 g/mol. The lowest BCUT2D eigenvalue weighted by molar-refractivity contribution is 0.470. The van der Waals surface area contributed by atoms with Crippen molar-refractivity contribution in [2.24, 2.45) is 5.73 Å². The number of hydrogen-bond acceptors (Lipinski definition) is 3.